The maximum absolute atomic E-state index is 5.73. The summed E-state index contributed by atoms with van der Waals surface area (Å²) in [6.45, 7) is 10.0. The van der Waals surface area contributed by atoms with Crippen LogP contribution in [0.2, 0.25) is 0 Å². The summed E-state index contributed by atoms with van der Waals surface area (Å²) in [6.07, 6.45) is 1.69. The zero-order valence-corrected chi connectivity index (χ0v) is 14.7. The van der Waals surface area contributed by atoms with E-state index in [0.717, 1.165) is 43.0 Å². The van der Waals surface area contributed by atoms with Gasteiger partial charge in [0.25, 0.3) is 0 Å². The topological polar surface area (TPSA) is 57.4 Å². The van der Waals surface area contributed by atoms with Crippen LogP contribution in [-0.4, -0.2) is 60.6 Å². The number of nitrogens with zero attached hydrogens (tertiary/aromatic N) is 3. The van der Waals surface area contributed by atoms with Gasteiger partial charge in [0.15, 0.2) is 0 Å². The summed E-state index contributed by atoms with van der Waals surface area (Å²) < 4.78 is 0.920. The minimum Gasteiger partial charge on any atom is -0.397 e. The van der Waals surface area contributed by atoms with Crippen molar-refractivity contribution >= 4 is 27.4 Å². The van der Waals surface area contributed by atoms with Gasteiger partial charge in [-0.2, -0.15) is 0 Å². The molecule has 0 saturated carbocycles. The Morgan fingerprint density at radius 2 is 2.00 bits per heavy atom. The number of anilines is 2. The number of halogens is 1. The van der Waals surface area contributed by atoms with Gasteiger partial charge in [-0.25, -0.2) is 4.98 Å². The van der Waals surface area contributed by atoms with Gasteiger partial charge in [0, 0.05) is 38.8 Å². The van der Waals surface area contributed by atoms with Crippen LogP contribution < -0.4 is 11.1 Å². The van der Waals surface area contributed by atoms with Crippen molar-refractivity contribution in [1.29, 1.82) is 0 Å². The van der Waals surface area contributed by atoms with E-state index in [1.54, 1.807) is 6.20 Å². The predicted octanol–water partition coefficient (Wildman–Crippen LogP) is 2.11. The van der Waals surface area contributed by atoms with Crippen molar-refractivity contribution in [2.24, 2.45) is 5.92 Å². The lowest BCUT2D eigenvalue weighted by atomic mass is 10.0. The molecule has 0 amide bonds. The van der Waals surface area contributed by atoms with Crippen molar-refractivity contribution in [3.8, 4) is 0 Å². The first-order valence-electron chi connectivity index (χ1n) is 7.55. The number of nitrogens with one attached hydrogen (secondary N) is 1. The van der Waals surface area contributed by atoms with E-state index in [1.165, 1.54) is 0 Å². The Hall–Kier alpha value is -0.850. The van der Waals surface area contributed by atoms with Gasteiger partial charge in [-0.1, -0.05) is 13.8 Å². The van der Waals surface area contributed by atoms with Gasteiger partial charge in [-0.05, 0) is 35.0 Å². The SMILES string of the molecule is CC(C)C(CNc1ncc(N)cc1Br)N1CCN(C)CC1. The predicted molar refractivity (Wildman–Crippen MR) is 92.5 cm³/mol. The smallest absolute Gasteiger partial charge is 0.140 e. The van der Waals surface area contributed by atoms with Crippen LogP contribution in [0.5, 0.6) is 0 Å². The Morgan fingerprint density at radius 3 is 2.57 bits per heavy atom. The molecule has 6 heteroatoms. The lowest BCUT2D eigenvalue weighted by Gasteiger charge is -2.40. The number of hydrogen-bond donors (Lipinski definition) is 2. The first-order chi connectivity index (χ1) is 9.97. The minimum atomic E-state index is 0.518. The van der Waals surface area contributed by atoms with Crippen LogP contribution in [0, 0.1) is 5.92 Å². The average Bonchev–Trinajstić information content (AvgIpc) is 2.42. The molecule has 1 aromatic rings. The first-order valence-corrected chi connectivity index (χ1v) is 8.34. The van der Waals surface area contributed by atoms with Crippen LogP contribution in [0.15, 0.2) is 16.7 Å². The van der Waals surface area contributed by atoms with Gasteiger partial charge < -0.3 is 16.0 Å². The van der Waals surface area contributed by atoms with Crippen molar-refractivity contribution < 1.29 is 0 Å². The third-order valence-corrected chi connectivity index (χ3v) is 4.72. The number of piperazine rings is 1. The number of aromatic nitrogens is 1. The van der Waals surface area contributed by atoms with Crippen LogP contribution in [0.4, 0.5) is 11.5 Å². The van der Waals surface area contributed by atoms with E-state index in [0.29, 0.717) is 17.6 Å². The van der Waals surface area contributed by atoms with Gasteiger partial charge in [-0.15, -0.1) is 0 Å². The Kier molecular flexibility index (Phi) is 5.84. The van der Waals surface area contributed by atoms with Gasteiger partial charge in [0.2, 0.25) is 0 Å². The summed E-state index contributed by atoms with van der Waals surface area (Å²) in [4.78, 5) is 9.33. The van der Waals surface area contributed by atoms with Gasteiger partial charge in [0.05, 0.1) is 16.4 Å². The van der Waals surface area contributed by atoms with E-state index in [1.807, 2.05) is 6.07 Å². The molecule has 2 rings (SSSR count). The number of hydrogen-bond acceptors (Lipinski definition) is 5. The lowest BCUT2D eigenvalue weighted by molar-refractivity contribution is 0.0944. The summed E-state index contributed by atoms with van der Waals surface area (Å²) in [7, 11) is 2.19. The zero-order valence-electron chi connectivity index (χ0n) is 13.1. The third kappa shape index (κ3) is 4.56. The fourth-order valence-corrected chi connectivity index (χ4v) is 3.23. The second-order valence-electron chi connectivity index (χ2n) is 6.13. The molecule has 2 heterocycles. The van der Waals surface area contributed by atoms with E-state index in [4.69, 9.17) is 5.73 Å². The molecule has 1 aliphatic rings. The van der Waals surface area contributed by atoms with Gasteiger partial charge in [-0.3, -0.25) is 4.90 Å². The van der Waals surface area contributed by atoms with Crippen LogP contribution >= 0.6 is 15.9 Å². The summed E-state index contributed by atoms with van der Waals surface area (Å²) in [6, 6.07) is 2.40. The van der Waals surface area contributed by atoms with E-state index in [-0.39, 0.29) is 0 Å². The largest absolute Gasteiger partial charge is 0.397 e. The zero-order chi connectivity index (χ0) is 15.4. The van der Waals surface area contributed by atoms with Crippen molar-refractivity contribution in [2.45, 2.75) is 19.9 Å². The molecule has 1 atom stereocenters. The monoisotopic (exact) mass is 355 g/mol. The highest BCUT2D eigenvalue weighted by Gasteiger charge is 2.24. The van der Waals surface area contributed by atoms with E-state index in [9.17, 15) is 0 Å². The fourth-order valence-electron chi connectivity index (χ4n) is 2.72. The molecule has 0 aromatic carbocycles. The number of nitrogens with two attached hydrogens (primary N) is 1. The molecule has 0 aliphatic carbocycles. The standard InChI is InChI=1S/C15H26BrN5/c1-11(2)14(21-6-4-20(3)5-7-21)10-19-15-13(16)8-12(17)9-18-15/h8-9,11,14H,4-7,10,17H2,1-3H3,(H,18,19). The molecule has 0 radical (unpaired) electrons. The van der Waals surface area contributed by atoms with E-state index in [2.05, 4.69) is 56.9 Å². The molecule has 0 spiro atoms. The van der Waals surface area contributed by atoms with Crippen molar-refractivity contribution in [3.63, 3.8) is 0 Å². The molecule has 21 heavy (non-hydrogen) atoms. The summed E-state index contributed by atoms with van der Waals surface area (Å²) in [5.41, 5.74) is 6.40. The molecular formula is C15H26BrN5. The quantitative estimate of drug-likeness (QED) is 0.846. The summed E-state index contributed by atoms with van der Waals surface area (Å²) in [5.74, 6) is 1.47. The molecule has 1 aliphatic heterocycles. The second-order valence-corrected chi connectivity index (χ2v) is 6.98. The Bertz CT molecular complexity index is 457. The third-order valence-electron chi connectivity index (χ3n) is 4.12. The number of rotatable bonds is 5. The summed E-state index contributed by atoms with van der Waals surface area (Å²) >= 11 is 3.51. The molecule has 0 bridgehead atoms. The second kappa shape index (κ2) is 7.42. The normalized spacial score (nSPS) is 18.9. The van der Waals surface area contributed by atoms with Crippen molar-refractivity contribution in [3.05, 3.63) is 16.7 Å². The molecule has 118 valence electrons. The minimum absolute atomic E-state index is 0.518. The van der Waals surface area contributed by atoms with Crippen LogP contribution in [0.1, 0.15) is 13.8 Å². The number of pyridine rings is 1. The lowest BCUT2D eigenvalue weighted by Crippen LogP contribution is -2.52. The van der Waals surface area contributed by atoms with E-state index >= 15 is 0 Å². The van der Waals surface area contributed by atoms with Crippen molar-refractivity contribution in [2.75, 3.05) is 50.8 Å². The number of likely N-dealkylation sites (N-methyl/N-ethyl adjacent to an activating group) is 1. The van der Waals surface area contributed by atoms with Crippen LogP contribution in [0.25, 0.3) is 0 Å². The Balaban J connectivity index is 1.97. The van der Waals surface area contributed by atoms with E-state index < -0.39 is 0 Å². The highest BCUT2D eigenvalue weighted by Crippen LogP contribution is 2.22. The molecule has 1 aromatic heterocycles. The maximum atomic E-state index is 5.73. The highest BCUT2D eigenvalue weighted by molar-refractivity contribution is 9.10. The maximum Gasteiger partial charge on any atom is 0.140 e. The molecule has 3 N–H and O–H groups in total. The van der Waals surface area contributed by atoms with Crippen molar-refractivity contribution in [1.82, 2.24) is 14.8 Å². The van der Waals surface area contributed by atoms with Crippen LogP contribution in [0.3, 0.4) is 0 Å². The molecule has 1 unspecified atom stereocenters. The number of nitrogen functional groups attached to an aromatic ring is 1. The molecule has 1 saturated heterocycles. The first kappa shape index (κ1) is 16.5. The fraction of sp³-hybridized carbons (Fsp3) is 0.667. The molecule has 5 nitrogen and oxygen atoms in total. The van der Waals surface area contributed by atoms with Crippen LogP contribution in [-0.2, 0) is 0 Å². The highest BCUT2D eigenvalue weighted by atomic mass is 79.9. The van der Waals surface area contributed by atoms with Gasteiger partial charge in [0.1, 0.15) is 5.82 Å². The Labute approximate surface area is 136 Å². The molecule has 1 fully saturated rings. The average molecular weight is 356 g/mol. The summed E-state index contributed by atoms with van der Waals surface area (Å²) in [5, 5.41) is 3.46. The molecular weight excluding hydrogens is 330 g/mol. The van der Waals surface area contributed by atoms with Gasteiger partial charge >= 0.3 is 0 Å². The Morgan fingerprint density at radius 1 is 1.33 bits per heavy atom.